The molecule has 0 radical (unpaired) electrons. The van der Waals surface area contributed by atoms with Crippen LogP contribution in [0.5, 0.6) is 0 Å². The van der Waals surface area contributed by atoms with Crippen LogP contribution < -0.4 is 10.6 Å². The molecule has 2 amide bonds. The molecule has 4 heterocycles. The first-order valence-corrected chi connectivity index (χ1v) is 11.5. The third-order valence-corrected chi connectivity index (χ3v) is 6.65. The summed E-state index contributed by atoms with van der Waals surface area (Å²) in [6.45, 7) is 2.19. The van der Waals surface area contributed by atoms with Crippen LogP contribution in [0, 0.1) is 18.6 Å². The van der Waals surface area contributed by atoms with Crippen LogP contribution in [0.2, 0.25) is 0 Å². The van der Waals surface area contributed by atoms with Gasteiger partial charge in [0.2, 0.25) is 0 Å². The summed E-state index contributed by atoms with van der Waals surface area (Å²) >= 11 is 0. The number of carbonyl (C=O) groups excluding carboxylic acids is 1. The Hall–Kier alpha value is -3.37. The first kappa shape index (κ1) is 22.4. The van der Waals surface area contributed by atoms with Crippen molar-refractivity contribution >= 4 is 22.9 Å². The number of nitrogens with one attached hydrogen (secondary N) is 3. The summed E-state index contributed by atoms with van der Waals surface area (Å²) in [4.78, 5) is 29.4. The summed E-state index contributed by atoms with van der Waals surface area (Å²) < 4.78 is 42.1. The van der Waals surface area contributed by atoms with E-state index in [0.717, 1.165) is 31.7 Å². The van der Waals surface area contributed by atoms with E-state index in [-0.39, 0.29) is 36.3 Å². The predicted octanol–water partition coefficient (Wildman–Crippen LogP) is 4.08. The molecule has 8 nitrogen and oxygen atoms in total. The SMILES string of the molecule is Cc1c(F)cnc2[nH]cc(-c3ncc(F)c(N[C@H]4CCC[C@@H](NC(=O)N5CC[C@@H](F)C5)C4)n3)c12. The lowest BCUT2D eigenvalue weighted by Gasteiger charge is -2.32. The molecule has 1 aliphatic carbocycles. The third-order valence-electron chi connectivity index (χ3n) is 6.65. The second kappa shape index (κ2) is 9.11. The molecule has 3 N–H and O–H groups in total. The number of H-pyrrole nitrogens is 1. The lowest BCUT2D eigenvalue weighted by atomic mass is 9.91. The van der Waals surface area contributed by atoms with Crippen molar-refractivity contribution in [2.45, 2.75) is 57.3 Å². The van der Waals surface area contributed by atoms with Gasteiger partial charge in [-0.1, -0.05) is 0 Å². The number of rotatable bonds is 4. The highest BCUT2D eigenvalue weighted by Crippen LogP contribution is 2.30. The van der Waals surface area contributed by atoms with Gasteiger partial charge in [0.05, 0.1) is 18.9 Å². The number of urea groups is 1. The molecule has 1 aliphatic heterocycles. The number of hydrogen-bond acceptors (Lipinski definition) is 5. The number of likely N-dealkylation sites (tertiary alicyclic amines) is 1. The van der Waals surface area contributed by atoms with Crippen LogP contribution in [0.15, 0.2) is 18.6 Å². The maximum atomic E-state index is 14.6. The highest BCUT2D eigenvalue weighted by molar-refractivity contribution is 5.94. The molecular formula is C23H26F3N7O. The van der Waals surface area contributed by atoms with Crippen molar-refractivity contribution in [3.05, 3.63) is 35.8 Å². The van der Waals surface area contributed by atoms with E-state index in [4.69, 9.17) is 0 Å². The fraction of sp³-hybridized carbons (Fsp3) is 0.478. The normalized spacial score (nSPS) is 22.8. The molecule has 180 valence electrons. The van der Waals surface area contributed by atoms with E-state index in [1.807, 2.05) is 0 Å². The summed E-state index contributed by atoms with van der Waals surface area (Å²) in [5, 5.41) is 6.69. The van der Waals surface area contributed by atoms with Gasteiger partial charge >= 0.3 is 6.03 Å². The predicted molar refractivity (Wildman–Crippen MR) is 121 cm³/mol. The molecular weight excluding hydrogens is 447 g/mol. The van der Waals surface area contributed by atoms with Crippen molar-refractivity contribution in [1.82, 2.24) is 30.2 Å². The largest absolute Gasteiger partial charge is 0.365 e. The highest BCUT2D eigenvalue weighted by atomic mass is 19.1. The van der Waals surface area contributed by atoms with Crippen molar-refractivity contribution in [2.24, 2.45) is 0 Å². The molecule has 2 fully saturated rings. The Labute approximate surface area is 194 Å². The quantitative estimate of drug-likeness (QED) is 0.530. The zero-order valence-electron chi connectivity index (χ0n) is 18.7. The molecule has 3 aromatic heterocycles. The molecule has 5 rings (SSSR count). The van der Waals surface area contributed by atoms with E-state index < -0.39 is 17.8 Å². The van der Waals surface area contributed by atoms with E-state index in [1.54, 1.807) is 13.1 Å². The second-order valence-electron chi connectivity index (χ2n) is 9.03. The van der Waals surface area contributed by atoms with Crippen molar-refractivity contribution in [1.29, 1.82) is 0 Å². The van der Waals surface area contributed by atoms with Gasteiger partial charge in [0.1, 0.15) is 17.6 Å². The summed E-state index contributed by atoms with van der Waals surface area (Å²) in [7, 11) is 0. The van der Waals surface area contributed by atoms with Crippen molar-refractivity contribution in [3.8, 4) is 11.4 Å². The summed E-state index contributed by atoms with van der Waals surface area (Å²) in [6, 6.07) is -0.448. The minimum absolute atomic E-state index is 0.0538. The van der Waals surface area contributed by atoms with Crippen LogP contribution >= 0.6 is 0 Å². The van der Waals surface area contributed by atoms with Crippen LogP contribution in [0.3, 0.4) is 0 Å². The van der Waals surface area contributed by atoms with Gasteiger partial charge in [0.25, 0.3) is 0 Å². The number of carbonyl (C=O) groups is 1. The van der Waals surface area contributed by atoms with E-state index in [2.05, 4.69) is 30.6 Å². The molecule has 34 heavy (non-hydrogen) atoms. The third kappa shape index (κ3) is 4.38. The van der Waals surface area contributed by atoms with Crippen molar-refractivity contribution in [2.75, 3.05) is 18.4 Å². The Morgan fingerprint density at radius 1 is 1.15 bits per heavy atom. The monoisotopic (exact) mass is 473 g/mol. The number of halogens is 3. The smallest absolute Gasteiger partial charge is 0.317 e. The molecule has 0 aromatic carbocycles. The molecule has 2 aliphatic rings. The maximum absolute atomic E-state index is 14.6. The van der Waals surface area contributed by atoms with Gasteiger partial charge in [-0.15, -0.1) is 0 Å². The number of aryl methyl sites for hydroxylation is 1. The summed E-state index contributed by atoms with van der Waals surface area (Å²) in [5.41, 5.74) is 1.44. The van der Waals surface area contributed by atoms with E-state index >= 15 is 0 Å². The van der Waals surface area contributed by atoms with Crippen LogP contribution in [0.4, 0.5) is 23.8 Å². The number of aromatic amines is 1. The molecule has 11 heteroatoms. The molecule has 0 bridgehead atoms. The lowest BCUT2D eigenvalue weighted by molar-refractivity contribution is 0.195. The van der Waals surface area contributed by atoms with E-state index in [0.29, 0.717) is 41.5 Å². The Balaban J connectivity index is 1.31. The van der Waals surface area contributed by atoms with Crippen LogP contribution in [0.25, 0.3) is 22.4 Å². The first-order chi connectivity index (χ1) is 16.4. The molecule has 0 spiro atoms. The van der Waals surface area contributed by atoms with Crippen LogP contribution in [-0.2, 0) is 0 Å². The Kier molecular flexibility index (Phi) is 6.01. The van der Waals surface area contributed by atoms with Crippen molar-refractivity contribution < 1.29 is 18.0 Å². The number of pyridine rings is 1. The van der Waals surface area contributed by atoms with Gasteiger partial charge in [0.15, 0.2) is 17.5 Å². The number of aromatic nitrogens is 4. The number of amides is 2. The fourth-order valence-electron chi connectivity index (χ4n) is 4.82. The number of alkyl halides is 1. The topological polar surface area (TPSA) is 98.8 Å². The Morgan fingerprint density at radius 2 is 1.94 bits per heavy atom. The van der Waals surface area contributed by atoms with Crippen LogP contribution in [-0.4, -0.2) is 62.2 Å². The minimum atomic E-state index is -0.963. The molecule has 3 atom stereocenters. The summed E-state index contributed by atoms with van der Waals surface area (Å²) in [5.74, 6) is -0.735. The van der Waals surface area contributed by atoms with Gasteiger partial charge in [-0.2, -0.15) is 0 Å². The average molecular weight is 474 g/mol. The first-order valence-electron chi connectivity index (χ1n) is 11.5. The van der Waals surface area contributed by atoms with Crippen LogP contribution in [0.1, 0.15) is 37.7 Å². The highest BCUT2D eigenvalue weighted by Gasteiger charge is 2.30. The van der Waals surface area contributed by atoms with Gasteiger partial charge in [-0.25, -0.2) is 32.9 Å². The molecule has 1 saturated carbocycles. The zero-order valence-corrected chi connectivity index (χ0v) is 18.7. The van der Waals surface area contributed by atoms with Gasteiger partial charge in [-0.3, -0.25) is 0 Å². The van der Waals surface area contributed by atoms with E-state index in [1.165, 1.54) is 4.90 Å². The Morgan fingerprint density at radius 3 is 2.74 bits per heavy atom. The number of fused-ring (bicyclic) bond motifs is 1. The molecule has 3 aromatic rings. The number of hydrogen-bond donors (Lipinski definition) is 3. The van der Waals surface area contributed by atoms with Crippen molar-refractivity contribution in [3.63, 3.8) is 0 Å². The fourth-order valence-corrected chi connectivity index (χ4v) is 4.82. The Bertz CT molecular complexity index is 1220. The zero-order chi connectivity index (χ0) is 23.8. The molecule has 0 unspecified atom stereocenters. The maximum Gasteiger partial charge on any atom is 0.317 e. The summed E-state index contributed by atoms with van der Waals surface area (Å²) in [6.07, 6.45) is 6.32. The van der Waals surface area contributed by atoms with Gasteiger partial charge in [0, 0.05) is 35.8 Å². The number of anilines is 1. The van der Waals surface area contributed by atoms with Gasteiger partial charge in [-0.05, 0) is 44.6 Å². The number of nitrogens with zero attached hydrogens (tertiary/aromatic N) is 4. The van der Waals surface area contributed by atoms with Gasteiger partial charge < -0.3 is 20.5 Å². The molecule has 1 saturated heterocycles. The average Bonchev–Trinajstić information content (AvgIpc) is 3.45. The standard InChI is InChI=1S/C23H26F3N7O/c1-12-17(25)9-29-22-19(12)16(8-27-22)20-28-10-18(26)21(32-20)30-14-3-2-4-15(7-14)31-23(34)33-6-5-13(24)11-33/h8-10,13-15H,2-7,11H2,1H3,(H,27,29)(H,31,34)(H,28,30,32)/t13-,14+,15-/m1/s1. The van der Waals surface area contributed by atoms with E-state index in [9.17, 15) is 18.0 Å². The second-order valence-corrected chi connectivity index (χ2v) is 9.03. The lowest BCUT2D eigenvalue weighted by Crippen LogP contribution is -2.47. The minimum Gasteiger partial charge on any atom is -0.365 e.